The van der Waals surface area contributed by atoms with Crippen LogP contribution in [-0.4, -0.2) is 40.1 Å². The van der Waals surface area contributed by atoms with Crippen molar-refractivity contribution in [2.45, 2.75) is 51.0 Å². The fourth-order valence-corrected chi connectivity index (χ4v) is 2.81. The molecule has 1 aliphatic rings. The highest BCUT2D eigenvalue weighted by molar-refractivity contribution is 5.99. The number of halogens is 2. The van der Waals surface area contributed by atoms with Crippen molar-refractivity contribution in [1.82, 2.24) is 9.88 Å². The van der Waals surface area contributed by atoms with Gasteiger partial charge in [-0.1, -0.05) is 13.8 Å². The van der Waals surface area contributed by atoms with E-state index in [1.807, 2.05) is 13.8 Å². The van der Waals surface area contributed by atoms with E-state index in [1.165, 1.54) is 6.20 Å². The van der Waals surface area contributed by atoms with Gasteiger partial charge in [0.25, 0.3) is 5.92 Å². The summed E-state index contributed by atoms with van der Waals surface area (Å²) in [4.78, 5) is 29.4. The van der Waals surface area contributed by atoms with Crippen LogP contribution in [0, 0.1) is 11.3 Å². The summed E-state index contributed by atoms with van der Waals surface area (Å²) in [7, 11) is 0. The molecule has 2 heterocycles. The number of Topliss-reactive ketones (excluding diaryl/α,β-unsaturated/α-hetero) is 1. The Morgan fingerprint density at radius 2 is 2.17 bits per heavy atom. The first-order valence-electron chi connectivity index (χ1n) is 7.79. The molecule has 1 fully saturated rings. The van der Waals surface area contributed by atoms with Crippen molar-refractivity contribution in [3.05, 3.63) is 29.6 Å². The Morgan fingerprint density at radius 1 is 1.46 bits per heavy atom. The summed E-state index contributed by atoms with van der Waals surface area (Å²) in [5.74, 6) is -3.76. The molecular weight excluding hydrogens is 316 g/mol. The van der Waals surface area contributed by atoms with Gasteiger partial charge in [0, 0.05) is 37.2 Å². The Hall–Kier alpha value is -2.36. The van der Waals surface area contributed by atoms with E-state index in [2.05, 4.69) is 4.98 Å². The molecule has 0 radical (unpaired) electrons. The van der Waals surface area contributed by atoms with Gasteiger partial charge in [-0.15, -0.1) is 0 Å². The monoisotopic (exact) mass is 335 g/mol. The largest absolute Gasteiger partial charge is 0.320 e. The van der Waals surface area contributed by atoms with Crippen LogP contribution in [0.5, 0.6) is 0 Å². The van der Waals surface area contributed by atoms with Gasteiger partial charge in [0.15, 0.2) is 5.78 Å². The minimum absolute atomic E-state index is 0.0806. The van der Waals surface area contributed by atoms with Gasteiger partial charge in [-0.05, 0) is 17.5 Å². The fourth-order valence-electron chi connectivity index (χ4n) is 2.81. The molecule has 1 atom stereocenters. The zero-order valence-corrected chi connectivity index (χ0v) is 13.6. The van der Waals surface area contributed by atoms with E-state index in [9.17, 15) is 18.4 Å². The number of nitriles is 1. The van der Waals surface area contributed by atoms with Gasteiger partial charge in [-0.2, -0.15) is 5.26 Å². The van der Waals surface area contributed by atoms with Gasteiger partial charge in [-0.3, -0.25) is 14.6 Å². The number of amides is 1. The predicted molar refractivity (Wildman–Crippen MR) is 82.6 cm³/mol. The Labute approximate surface area is 139 Å². The maximum absolute atomic E-state index is 13.4. The third-order valence-corrected chi connectivity index (χ3v) is 4.08. The summed E-state index contributed by atoms with van der Waals surface area (Å²) in [6.07, 6.45) is 2.21. The number of pyridine rings is 1. The third kappa shape index (κ3) is 3.94. The first-order chi connectivity index (χ1) is 11.2. The van der Waals surface area contributed by atoms with E-state index in [1.54, 1.807) is 18.3 Å². The predicted octanol–water partition coefficient (Wildman–Crippen LogP) is 2.93. The lowest BCUT2D eigenvalue weighted by atomic mass is 9.95. The van der Waals surface area contributed by atoms with Gasteiger partial charge >= 0.3 is 0 Å². The second kappa shape index (κ2) is 7.04. The summed E-state index contributed by atoms with van der Waals surface area (Å²) in [6.45, 7) is 3.11. The molecule has 0 aromatic carbocycles. The first kappa shape index (κ1) is 18.0. The Kier molecular flexibility index (Phi) is 5.27. The number of alkyl halides is 2. The molecule has 24 heavy (non-hydrogen) atoms. The van der Waals surface area contributed by atoms with Crippen LogP contribution in [0.1, 0.15) is 54.9 Å². The number of hydrogen-bond donors (Lipinski definition) is 0. The lowest BCUT2D eigenvalue weighted by molar-refractivity contribution is -0.132. The summed E-state index contributed by atoms with van der Waals surface area (Å²) in [5.41, 5.74) is 1.29. The zero-order valence-electron chi connectivity index (χ0n) is 13.6. The van der Waals surface area contributed by atoms with Gasteiger partial charge < -0.3 is 4.90 Å². The van der Waals surface area contributed by atoms with Crippen molar-refractivity contribution < 1.29 is 18.4 Å². The van der Waals surface area contributed by atoms with Crippen LogP contribution >= 0.6 is 0 Å². The van der Waals surface area contributed by atoms with Crippen molar-refractivity contribution in [2.24, 2.45) is 0 Å². The molecular formula is C17H19F2N3O2. The molecule has 0 aliphatic carbocycles. The molecule has 0 N–H and O–H groups in total. The van der Waals surface area contributed by atoms with E-state index < -0.39 is 30.8 Å². The number of likely N-dealkylation sites (tertiary alicyclic amines) is 1. The second-order valence-corrected chi connectivity index (χ2v) is 6.27. The van der Waals surface area contributed by atoms with Gasteiger partial charge in [-0.25, -0.2) is 8.78 Å². The van der Waals surface area contributed by atoms with Crippen LogP contribution < -0.4 is 0 Å². The normalized spacial score (nSPS) is 19.3. The van der Waals surface area contributed by atoms with Crippen molar-refractivity contribution in [2.75, 3.05) is 6.54 Å². The first-order valence-corrected chi connectivity index (χ1v) is 7.79. The molecule has 1 saturated heterocycles. The van der Waals surface area contributed by atoms with Crippen LogP contribution in [0.3, 0.4) is 0 Å². The van der Waals surface area contributed by atoms with Gasteiger partial charge in [0.1, 0.15) is 6.04 Å². The SMILES string of the molecule is CC(C)c1cnccc1C(=O)CCC(=O)N1CC(F)(F)C[C@H]1C#N. The van der Waals surface area contributed by atoms with Crippen LogP contribution in [-0.2, 0) is 4.79 Å². The third-order valence-electron chi connectivity index (χ3n) is 4.08. The Balaban J connectivity index is 2.02. The van der Waals surface area contributed by atoms with Crippen LogP contribution in [0.2, 0.25) is 0 Å². The highest BCUT2D eigenvalue weighted by Crippen LogP contribution is 2.32. The summed E-state index contributed by atoms with van der Waals surface area (Å²) in [5, 5.41) is 8.92. The molecule has 1 aliphatic heterocycles. The van der Waals surface area contributed by atoms with E-state index in [-0.39, 0.29) is 24.5 Å². The van der Waals surface area contributed by atoms with Crippen LogP contribution in [0.15, 0.2) is 18.5 Å². The Morgan fingerprint density at radius 3 is 2.79 bits per heavy atom. The highest BCUT2D eigenvalue weighted by atomic mass is 19.3. The van der Waals surface area contributed by atoms with E-state index in [0.29, 0.717) is 5.56 Å². The molecule has 2 rings (SSSR count). The molecule has 0 unspecified atom stereocenters. The number of carbonyl (C=O) groups excluding carboxylic acids is 2. The number of nitrogens with zero attached hydrogens (tertiary/aromatic N) is 3. The quantitative estimate of drug-likeness (QED) is 0.776. The van der Waals surface area contributed by atoms with Crippen molar-refractivity contribution in [3.8, 4) is 6.07 Å². The van der Waals surface area contributed by atoms with E-state index >= 15 is 0 Å². The molecule has 0 spiro atoms. The molecule has 0 saturated carbocycles. The number of rotatable bonds is 5. The van der Waals surface area contributed by atoms with Crippen molar-refractivity contribution in [1.29, 1.82) is 5.26 Å². The molecule has 5 nitrogen and oxygen atoms in total. The smallest absolute Gasteiger partial charge is 0.268 e. The zero-order chi connectivity index (χ0) is 17.9. The number of ketones is 1. The van der Waals surface area contributed by atoms with Crippen molar-refractivity contribution in [3.63, 3.8) is 0 Å². The van der Waals surface area contributed by atoms with E-state index in [4.69, 9.17) is 5.26 Å². The fraction of sp³-hybridized carbons (Fsp3) is 0.529. The minimum Gasteiger partial charge on any atom is -0.320 e. The summed E-state index contributed by atoms with van der Waals surface area (Å²) in [6, 6.07) is 2.20. The average molecular weight is 335 g/mol. The minimum atomic E-state index is -3.05. The van der Waals surface area contributed by atoms with Crippen molar-refractivity contribution >= 4 is 11.7 Å². The molecule has 1 aromatic rings. The molecule has 1 amide bonds. The Bertz CT molecular complexity index is 683. The lowest BCUT2D eigenvalue weighted by Crippen LogP contribution is -2.36. The standard InChI is InChI=1S/C17H19F2N3O2/c1-11(2)14-9-21-6-5-13(14)15(23)3-4-16(24)22-10-17(18,19)7-12(22)8-20/h5-6,9,11-12H,3-4,7,10H2,1-2H3/t12-/m0/s1. The number of carbonyl (C=O) groups is 2. The van der Waals surface area contributed by atoms with Crippen LogP contribution in [0.25, 0.3) is 0 Å². The maximum atomic E-state index is 13.4. The van der Waals surface area contributed by atoms with Gasteiger partial charge in [0.05, 0.1) is 12.6 Å². The van der Waals surface area contributed by atoms with Crippen LogP contribution in [0.4, 0.5) is 8.78 Å². The molecule has 128 valence electrons. The molecule has 0 bridgehead atoms. The average Bonchev–Trinajstić information content (AvgIpc) is 2.87. The summed E-state index contributed by atoms with van der Waals surface area (Å²) >= 11 is 0. The topological polar surface area (TPSA) is 74.1 Å². The second-order valence-electron chi connectivity index (χ2n) is 6.27. The summed E-state index contributed by atoms with van der Waals surface area (Å²) < 4.78 is 26.8. The number of aromatic nitrogens is 1. The lowest BCUT2D eigenvalue weighted by Gasteiger charge is -2.19. The highest BCUT2D eigenvalue weighted by Gasteiger charge is 2.47. The molecule has 1 aromatic heterocycles. The molecule has 7 heteroatoms. The van der Waals surface area contributed by atoms with Gasteiger partial charge in [0.2, 0.25) is 5.91 Å². The maximum Gasteiger partial charge on any atom is 0.268 e. The number of hydrogen-bond acceptors (Lipinski definition) is 4. The van der Waals surface area contributed by atoms with E-state index in [0.717, 1.165) is 10.5 Å².